The van der Waals surface area contributed by atoms with Crippen LogP contribution in [-0.4, -0.2) is 60.6 Å². The highest BCUT2D eigenvalue weighted by molar-refractivity contribution is 7.85. The highest BCUT2D eigenvalue weighted by Gasteiger charge is 2.27. The third-order valence-electron chi connectivity index (χ3n) is 2.89. The van der Waals surface area contributed by atoms with E-state index in [1.165, 1.54) is 37.7 Å². The second-order valence-electron chi connectivity index (χ2n) is 4.92. The fraction of sp³-hybridized carbons (Fsp3) is 0.538. The molecule has 0 aromatic rings. The summed E-state index contributed by atoms with van der Waals surface area (Å²) in [7, 11) is -1.61. The van der Waals surface area contributed by atoms with Crippen LogP contribution in [0.25, 0.3) is 0 Å². The van der Waals surface area contributed by atoms with Gasteiger partial charge in [-0.25, -0.2) is 8.42 Å². The number of carbonyl (C=O) groups excluding carboxylic acids is 2. The molecule has 120 valence electrons. The van der Waals surface area contributed by atoms with Gasteiger partial charge in [-0.2, -0.15) is 0 Å². The van der Waals surface area contributed by atoms with Crippen LogP contribution in [0, 0.1) is 0 Å². The van der Waals surface area contributed by atoms with E-state index in [9.17, 15) is 22.6 Å². The fourth-order valence-corrected chi connectivity index (χ4v) is 2.27. The third-order valence-corrected chi connectivity index (χ3v) is 3.63. The molecule has 0 aliphatic rings. The lowest BCUT2D eigenvalue weighted by molar-refractivity contribution is -0.138. The fourth-order valence-electron chi connectivity index (χ4n) is 1.77. The Bertz CT molecular complexity index is 521. The Labute approximate surface area is 125 Å². The Kier molecular flexibility index (Phi) is 6.78. The number of nitrogens with zero attached hydrogens (tertiary/aromatic N) is 2. The summed E-state index contributed by atoms with van der Waals surface area (Å²) in [6, 6.07) is 0. The molecule has 7 nitrogen and oxygen atoms in total. The minimum absolute atomic E-state index is 0.184. The summed E-state index contributed by atoms with van der Waals surface area (Å²) in [6.45, 7) is 10.0. The van der Waals surface area contributed by atoms with E-state index in [2.05, 4.69) is 13.2 Å². The monoisotopic (exact) mass is 317 g/mol. The summed E-state index contributed by atoms with van der Waals surface area (Å²) in [5.74, 6) is -1.56. The van der Waals surface area contributed by atoms with Crippen LogP contribution in [0.15, 0.2) is 24.3 Å². The molecule has 21 heavy (non-hydrogen) atoms. The second kappa shape index (κ2) is 7.37. The molecule has 0 radical (unpaired) electrons. The molecule has 0 fully saturated rings. The second-order valence-corrected chi connectivity index (χ2v) is 6.45. The van der Waals surface area contributed by atoms with Gasteiger partial charge in [-0.3, -0.25) is 9.59 Å². The molecule has 8 heteroatoms. The van der Waals surface area contributed by atoms with Crippen molar-refractivity contribution in [3.63, 3.8) is 0 Å². The molecule has 0 aromatic heterocycles. The predicted molar refractivity (Wildman–Crippen MR) is 78.1 cm³/mol. The first-order chi connectivity index (χ1) is 9.38. The highest BCUT2D eigenvalue weighted by Crippen LogP contribution is 2.13. The average molecular weight is 317 g/mol. The maximum Gasteiger partial charge on any atom is 0.250 e. The number of hydrogen-bond donors (Lipinski definition) is 0. The van der Waals surface area contributed by atoms with E-state index in [0.29, 0.717) is 0 Å². The molecule has 0 saturated carbocycles. The summed E-state index contributed by atoms with van der Waals surface area (Å²) < 4.78 is 32.4. The summed E-state index contributed by atoms with van der Waals surface area (Å²) in [5.41, 5.74) is 0.479. The summed E-state index contributed by atoms with van der Waals surface area (Å²) in [6.07, 6.45) is -1.06. The lowest BCUT2D eigenvalue weighted by Gasteiger charge is -2.36. The van der Waals surface area contributed by atoms with Crippen LogP contribution in [0.5, 0.6) is 0 Å². The van der Waals surface area contributed by atoms with Crippen molar-refractivity contribution in [1.29, 1.82) is 0 Å². The van der Waals surface area contributed by atoms with Gasteiger partial charge in [-0.15, -0.1) is 0 Å². The third kappa shape index (κ3) is 6.09. The molecule has 0 spiro atoms. The zero-order chi connectivity index (χ0) is 17.0. The van der Waals surface area contributed by atoms with Gasteiger partial charge in [0.25, 0.3) is 0 Å². The van der Waals surface area contributed by atoms with Crippen molar-refractivity contribution in [2.75, 3.05) is 19.8 Å². The number of carbonyl (C=O) groups is 2. The van der Waals surface area contributed by atoms with Crippen molar-refractivity contribution < 1.29 is 22.6 Å². The molecule has 0 rings (SSSR count). The molecule has 2 amide bonds. The van der Waals surface area contributed by atoms with E-state index in [1.807, 2.05) is 0 Å². The van der Waals surface area contributed by atoms with Crippen molar-refractivity contribution >= 4 is 21.9 Å². The van der Waals surface area contributed by atoms with Gasteiger partial charge in [0, 0.05) is 31.0 Å². The maximum absolute atomic E-state index is 11.9. The van der Waals surface area contributed by atoms with Gasteiger partial charge < -0.3 is 14.4 Å². The van der Waals surface area contributed by atoms with Gasteiger partial charge in [0.05, 0.1) is 10.1 Å². The zero-order valence-corrected chi connectivity index (χ0v) is 13.6. The molecular formula is C13H21N2O5S-. The minimum Gasteiger partial charge on any atom is -0.748 e. The van der Waals surface area contributed by atoms with Gasteiger partial charge in [-0.1, -0.05) is 13.2 Å². The van der Waals surface area contributed by atoms with E-state index < -0.39 is 33.9 Å². The zero-order valence-electron chi connectivity index (χ0n) is 12.7. The largest absolute Gasteiger partial charge is 0.748 e. The molecular weight excluding hydrogens is 296 g/mol. The van der Waals surface area contributed by atoms with Gasteiger partial charge in [0.1, 0.15) is 6.17 Å². The van der Waals surface area contributed by atoms with E-state index in [1.54, 1.807) is 0 Å². The van der Waals surface area contributed by atoms with E-state index in [-0.39, 0.29) is 17.6 Å². The molecule has 0 aromatic carbocycles. The SMILES string of the molecule is C=C(C)C(=O)N(C)C(CCS(=O)(=O)[O-])N(C)C(=O)C(=C)C. The summed E-state index contributed by atoms with van der Waals surface area (Å²) in [4.78, 5) is 26.3. The molecule has 0 heterocycles. The van der Waals surface area contributed by atoms with E-state index in [0.717, 1.165) is 0 Å². The molecule has 0 unspecified atom stereocenters. The van der Waals surface area contributed by atoms with Gasteiger partial charge in [0.2, 0.25) is 11.8 Å². The maximum atomic E-state index is 11.9. The Morgan fingerprint density at radius 3 is 1.62 bits per heavy atom. The Morgan fingerprint density at radius 1 is 1.05 bits per heavy atom. The topological polar surface area (TPSA) is 97.8 Å². The average Bonchev–Trinajstić information content (AvgIpc) is 2.34. The van der Waals surface area contributed by atoms with E-state index >= 15 is 0 Å². The van der Waals surface area contributed by atoms with Crippen molar-refractivity contribution in [3.8, 4) is 0 Å². The van der Waals surface area contributed by atoms with Crippen LogP contribution in [0.4, 0.5) is 0 Å². The molecule has 0 saturated heterocycles. The first kappa shape index (κ1) is 19.3. The quantitative estimate of drug-likeness (QED) is 0.382. The van der Waals surface area contributed by atoms with Crippen LogP contribution < -0.4 is 0 Å². The van der Waals surface area contributed by atoms with Crippen LogP contribution >= 0.6 is 0 Å². The molecule has 0 aliphatic carbocycles. The number of amides is 2. The molecule has 0 aliphatic heterocycles. The normalized spacial score (nSPS) is 11.1. The van der Waals surface area contributed by atoms with Crippen LogP contribution in [0.1, 0.15) is 20.3 Å². The smallest absolute Gasteiger partial charge is 0.250 e. The Morgan fingerprint density at radius 2 is 1.38 bits per heavy atom. The number of likely N-dealkylation sites (N-methyl/N-ethyl adjacent to an activating group) is 2. The minimum atomic E-state index is -4.45. The Hall–Kier alpha value is -1.67. The van der Waals surface area contributed by atoms with Crippen LogP contribution in [0.3, 0.4) is 0 Å². The first-order valence-corrected chi connectivity index (χ1v) is 7.75. The lowest BCUT2D eigenvalue weighted by atomic mass is 10.2. The van der Waals surface area contributed by atoms with Crippen molar-refractivity contribution in [3.05, 3.63) is 24.3 Å². The van der Waals surface area contributed by atoms with Crippen molar-refractivity contribution in [1.82, 2.24) is 9.80 Å². The first-order valence-electron chi connectivity index (χ1n) is 6.17. The lowest BCUT2D eigenvalue weighted by Crippen LogP contribution is -2.50. The van der Waals surface area contributed by atoms with Crippen LogP contribution in [-0.2, 0) is 19.7 Å². The van der Waals surface area contributed by atoms with Crippen LogP contribution in [0.2, 0.25) is 0 Å². The van der Waals surface area contributed by atoms with Crippen molar-refractivity contribution in [2.24, 2.45) is 0 Å². The van der Waals surface area contributed by atoms with Gasteiger partial charge in [0.15, 0.2) is 0 Å². The molecule has 0 N–H and O–H groups in total. The standard InChI is InChI=1S/C13H22N2O5S/c1-9(2)12(16)14(5)11(7-8-21(18,19)20)15(6)13(17)10(3)4/h11H,1,3,7-8H2,2,4-6H3,(H,18,19,20)/p-1. The van der Waals surface area contributed by atoms with E-state index in [4.69, 9.17) is 0 Å². The summed E-state index contributed by atoms with van der Waals surface area (Å²) >= 11 is 0. The molecule has 0 atom stereocenters. The Balaban J connectivity index is 5.36. The number of hydrogen-bond acceptors (Lipinski definition) is 5. The predicted octanol–water partition coefficient (Wildman–Crippen LogP) is 0.317. The van der Waals surface area contributed by atoms with Crippen molar-refractivity contribution in [2.45, 2.75) is 26.4 Å². The highest BCUT2D eigenvalue weighted by atomic mass is 32.2. The summed E-state index contributed by atoms with van der Waals surface area (Å²) in [5, 5.41) is 0. The number of rotatable bonds is 7. The van der Waals surface area contributed by atoms with Gasteiger partial charge >= 0.3 is 0 Å². The van der Waals surface area contributed by atoms with Gasteiger partial charge in [-0.05, 0) is 20.3 Å². The molecule has 0 bridgehead atoms.